The van der Waals surface area contributed by atoms with Crippen LogP contribution in [-0.2, 0) is 0 Å². The van der Waals surface area contributed by atoms with Crippen molar-refractivity contribution < 1.29 is 0 Å². The van der Waals surface area contributed by atoms with Crippen LogP contribution in [0.4, 0.5) is 5.69 Å². The average molecular weight is 264 g/mol. The highest BCUT2D eigenvalue weighted by Crippen LogP contribution is 2.19. The smallest absolute Gasteiger partial charge is 0.103 e. The summed E-state index contributed by atoms with van der Waals surface area (Å²) in [6, 6.07) is 6.60. The Hall–Kier alpha value is -1.09. The second kappa shape index (κ2) is 7.37. The zero-order valence-electron chi connectivity index (χ0n) is 11.6. The second-order valence-corrected chi connectivity index (χ2v) is 5.37. The first-order valence-corrected chi connectivity index (χ1v) is 7.12. The van der Waals surface area contributed by atoms with E-state index in [-0.39, 0.29) is 0 Å². The molecule has 3 N–H and O–H groups in total. The number of thiocarbonyl (C=S) groups is 1. The lowest BCUT2D eigenvalue weighted by molar-refractivity contribution is 0.615. The maximum absolute atomic E-state index is 5.63. The topological polar surface area (TPSA) is 38.0 Å². The van der Waals surface area contributed by atoms with Crippen LogP contribution >= 0.6 is 12.2 Å². The molecule has 0 spiro atoms. The summed E-state index contributed by atoms with van der Waals surface area (Å²) in [6.45, 7) is 6.55. The van der Waals surface area contributed by atoms with Crippen LogP contribution in [0.25, 0.3) is 0 Å². The number of benzene rings is 1. The van der Waals surface area contributed by atoms with Crippen LogP contribution in [0.15, 0.2) is 18.2 Å². The molecule has 1 unspecified atom stereocenters. The van der Waals surface area contributed by atoms with Gasteiger partial charge in [-0.3, -0.25) is 0 Å². The highest BCUT2D eigenvalue weighted by molar-refractivity contribution is 7.80. The highest BCUT2D eigenvalue weighted by atomic mass is 32.1. The molecule has 0 heterocycles. The van der Waals surface area contributed by atoms with Crippen LogP contribution in [0.1, 0.15) is 50.7 Å². The van der Waals surface area contributed by atoms with E-state index >= 15 is 0 Å². The summed E-state index contributed by atoms with van der Waals surface area (Å²) >= 11 is 4.98. The van der Waals surface area contributed by atoms with Gasteiger partial charge in [0.1, 0.15) is 4.99 Å². The van der Waals surface area contributed by atoms with Crippen molar-refractivity contribution >= 4 is 22.9 Å². The van der Waals surface area contributed by atoms with E-state index in [9.17, 15) is 0 Å². The fourth-order valence-electron chi connectivity index (χ4n) is 2.02. The monoisotopic (exact) mass is 264 g/mol. The van der Waals surface area contributed by atoms with Crippen LogP contribution in [0.5, 0.6) is 0 Å². The van der Waals surface area contributed by atoms with Gasteiger partial charge in [-0.1, -0.05) is 38.4 Å². The number of hydrogen-bond donors (Lipinski definition) is 2. The van der Waals surface area contributed by atoms with Crippen molar-refractivity contribution in [3.63, 3.8) is 0 Å². The molecule has 0 saturated carbocycles. The minimum absolute atomic E-state index is 0.459. The van der Waals surface area contributed by atoms with Crippen molar-refractivity contribution in [1.29, 1.82) is 0 Å². The number of rotatable bonds is 7. The highest BCUT2D eigenvalue weighted by Gasteiger charge is 2.05. The molecule has 0 aliphatic rings. The van der Waals surface area contributed by atoms with E-state index in [0.29, 0.717) is 11.0 Å². The molecule has 0 bridgehead atoms. The number of aryl methyl sites for hydroxylation is 1. The number of nitrogens with two attached hydrogens (primary N) is 1. The summed E-state index contributed by atoms with van der Waals surface area (Å²) in [4.78, 5) is 0.459. The van der Waals surface area contributed by atoms with Gasteiger partial charge in [-0.2, -0.15) is 0 Å². The van der Waals surface area contributed by atoms with Gasteiger partial charge in [-0.25, -0.2) is 0 Å². The van der Waals surface area contributed by atoms with Crippen molar-refractivity contribution in [1.82, 2.24) is 0 Å². The quantitative estimate of drug-likeness (QED) is 0.577. The molecule has 0 amide bonds. The maximum atomic E-state index is 5.63. The zero-order valence-corrected chi connectivity index (χ0v) is 12.4. The van der Waals surface area contributed by atoms with Gasteiger partial charge in [-0.05, 0) is 44.0 Å². The average Bonchev–Trinajstić information content (AvgIpc) is 2.32. The summed E-state index contributed by atoms with van der Waals surface area (Å²) in [5, 5.41) is 3.55. The number of anilines is 1. The Morgan fingerprint density at radius 3 is 2.67 bits per heavy atom. The van der Waals surface area contributed by atoms with Gasteiger partial charge >= 0.3 is 0 Å². The first kappa shape index (κ1) is 15.0. The van der Waals surface area contributed by atoms with Crippen molar-refractivity contribution in [3.05, 3.63) is 29.3 Å². The molecule has 1 aromatic rings. The summed E-state index contributed by atoms with van der Waals surface area (Å²) in [5.74, 6) is 0. The third-order valence-corrected chi connectivity index (χ3v) is 3.39. The fourth-order valence-corrected chi connectivity index (χ4v) is 2.14. The van der Waals surface area contributed by atoms with Gasteiger partial charge < -0.3 is 11.1 Å². The van der Waals surface area contributed by atoms with Crippen LogP contribution in [0.3, 0.4) is 0 Å². The van der Waals surface area contributed by atoms with Crippen LogP contribution < -0.4 is 11.1 Å². The van der Waals surface area contributed by atoms with E-state index in [1.807, 2.05) is 12.1 Å². The van der Waals surface area contributed by atoms with Gasteiger partial charge in [0.05, 0.1) is 0 Å². The van der Waals surface area contributed by atoms with Crippen LogP contribution in [-0.4, -0.2) is 11.0 Å². The van der Waals surface area contributed by atoms with Crippen molar-refractivity contribution in [3.8, 4) is 0 Å². The Morgan fingerprint density at radius 2 is 2.11 bits per heavy atom. The van der Waals surface area contributed by atoms with E-state index < -0.39 is 0 Å². The second-order valence-electron chi connectivity index (χ2n) is 4.94. The first-order valence-electron chi connectivity index (χ1n) is 6.71. The SMILES string of the molecule is CCCCCC(C)Nc1ccc(C(N)=S)cc1C. The normalized spacial score (nSPS) is 12.2. The molecule has 0 aliphatic heterocycles. The fraction of sp³-hybridized carbons (Fsp3) is 0.533. The zero-order chi connectivity index (χ0) is 13.5. The van der Waals surface area contributed by atoms with E-state index in [0.717, 1.165) is 5.56 Å². The Balaban J connectivity index is 2.59. The minimum Gasteiger partial charge on any atom is -0.389 e. The molecule has 1 atom stereocenters. The minimum atomic E-state index is 0.459. The van der Waals surface area contributed by atoms with Gasteiger partial charge in [0.15, 0.2) is 0 Å². The Labute approximate surface area is 116 Å². The molecule has 0 aliphatic carbocycles. The lowest BCUT2D eigenvalue weighted by Crippen LogP contribution is -2.16. The van der Waals surface area contributed by atoms with E-state index in [2.05, 4.69) is 32.2 Å². The number of hydrogen-bond acceptors (Lipinski definition) is 2. The van der Waals surface area contributed by atoms with Gasteiger partial charge in [0, 0.05) is 17.3 Å². The van der Waals surface area contributed by atoms with Crippen LogP contribution in [0, 0.1) is 6.92 Å². The van der Waals surface area contributed by atoms with Crippen molar-refractivity contribution in [2.45, 2.75) is 52.5 Å². The summed E-state index contributed by atoms with van der Waals surface area (Å²) in [6.07, 6.45) is 5.08. The Bertz CT molecular complexity index is 401. The molecular formula is C15H24N2S. The molecule has 18 heavy (non-hydrogen) atoms. The van der Waals surface area contributed by atoms with Crippen molar-refractivity contribution in [2.75, 3.05) is 5.32 Å². The summed E-state index contributed by atoms with van der Waals surface area (Å²) in [5.41, 5.74) is 8.94. The predicted octanol–water partition coefficient (Wildman–Crippen LogP) is 4.01. The summed E-state index contributed by atoms with van der Waals surface area (Å²) < 4.78 is 0. The molecule has 3 heteroatoms. The molecule has 0 radical (unpaired) electrons. The van der Waals surface area contributed by atoms with Gasteiger partial charge in [-0.15, -0.1) is 0 Å². The van der Waals surface area contributed by atoms with Crippen LogP contribution in [0.2, 0.25) is 0 Å². The Morgan fingerprint density at radius 1 is 1.39 bits per heavy atom. The van der Waals surface area contributed by atoms with E-state index in [1.54, 1.807) is 0 Å². The molecule has 1 rings (SSSR count). The predicted molar refractivity (Wildman–Crippen MR) is 84.3 cm³/mol. The lowest BCUT2D eigenvalue weighted by atomic mass is 10.1. The number of unbranched alkanes of at least 4 members (excludes halogenated alkanes) is 2. The maximum Gasteiger partial charge on any atom is 0.103 e. The molecule has 2 nitrogen and oxygen atoms in total. The molecule has 0 fully saturated rings. The molecule has 0 aromatic heterocycles. The Kier molecular flexibility index (Phi) is 6.13. The van der Waals surface area contributed by atoms with Gasteiger partial charge in [0.25, 0.3) is 0 Å². The molecule has 100 valence electrons. The first-order chi connectivity index (χ1) is 8.54. The standard InChI is InChI=1S/C15H24N2S/c1-4-5-6-7-12(3)17-14-9-8-13(15(16)18)10-11(14)2/h8-10,12,17H,4-7H2,1-3H3,(H2,16,18). The van der Waals surface area contributed by atoms with Gasteiger partial charge in [0.2, 0.25) is 0 Å². The molecule has 0 saturated heterocycles. The largest absolute Gasteiger partial charge is 0.389 e. The van der Waals surface area contributed by atoms with E-state index in [4.69, 9.17) is 18.0 Å². The third kappa shape index (κ3) is 4.65. The van der Waals surface area contributed by atoms with Crippen molar-refractivity contribution in [2.24, 2.45) is 5.73 Å². The molecule has 1 aromatic carbocycles. The molecular weight excluding hydrogens is 240 g/mol. The number of nitrogens with one attached hydrogen (secondary N) is 1. The third-order valence-electron chi connectivity index (χ3n) is 3.15. The van der Waals surface area contributed by atoms with E-state index in [1.165, 1.54) is 36.9 Å². The summed E-state index contributed by atoms with van der Waals surface area (Å²) in [7, 11) is 0. The lowest BCUT2D eigenvalue weighted by Gasteiger charge is -2.17.